The van der Waals surface area contributed by atoms with E-state index in [-0.39, 0.29) is 5.56 Å². The van der Waals surface area contributed by atoms with Crippen LogP contribution in [0.25, 0.3) is 15.9 Å². The van der Waals surface area contributed by atoms with Gasteiger partial charge in [0.2, 0.25) is 0 Å². The molecule has 0 amide bonds. The van der Waals surface area contributed by atoms with Crippen LogP contribution >= 0.6 is 34.7 Å². The number of thioether (sulfide) groups is 1. The van der Waals surface area contributed by atoms with Crippen LogP contribution < -0.4 is 5.56 Å². The van der Waals surface area contributed by atoms with E-state index in [2.05, 4.69) is 4.98 Å². The number of para-hydroxylation sites is 1. The van der Waals surface area contributed by atoms with E-state index in [1.165, 1.54) is 28.6 Å². The Morgan fingerprint density at radius 2 is 2.10 bits per heavy atom. The summed E-state index contributed by atoms with van der Waals surface area (Å²) in [6.45, 7) is 0. The lowest BCUT2D eigenvalue weighted by Gasteiger charge is -2.11. The number of hydrogen-bond donors (Lipinski definition) is 0. The number of benzene rings is 1. The number of hydrogen-bond acceptors (Lipinski definition) is 4. The molecule has 0 saturated carbocycles. The number of rotatable bonds is 4. The van der Waals surface area contributed by atoms with Gasteiger partial charge in [-0.2, -0.15) is 0 Å². The summed E-state index contributed by atoms with van der Waals surface area (Å²) in [6, 6.07) is 11.4. The molecule has 1 aromatic carbocycles. The van der Waals surface area contributed by atoms with Gasteiger partial charge in [-0.15, -0.1) is 11.3 Å². The van der Waals surface area contributed by atoms with Crippen LogP contribution in [0.4, 0.5) is 0 Å². The summed E-state index contributed by atoms with van der Waals surface area (Å²) in [5, 5.41) is 3.22. The first-order chi connectivity index (χ1) is 10.3. The molecule has 0 unspecified atom stereocenters. The van der Waals surface area contributed by atoms with Crippen molar-refractivity contribution in [2.24, 2.45) is 0 Å². The van der Waals surface area contributed by atoms with Gasteiger partial charge < -0.3 is 0 Å². The standard InChI is InChI=1S/C15H11ClN2OS2/c16-8-4-9-21-15-17-13-12(7-10-20-13)14(19)18(15)11-5-2-1-3-6-11/h1-8,10H,9H2/b8-4+. The number of halogens is 1. The highest BCUT2D eigenvalue weighted by Crippen LogP contribution is 2.23. The highest BCUT2D eigenvalue weighted by molar-refractivity contribution is 7.99. The summed E-state index contributed by atoms with van der Waals surface area (Å²) in [7, 11) is 0. The van der Waals surface area contributed by atoms with Crippen molar-refractivity contribution in [2.75, 3.05) is 5.75 Å². The molecule has 2 heterocycles. The van der Waals surface area contributed by atoms with E-state index >= 15 is 0 Å². The summed E-state index contributed by atoms with van der Waals surface area (Å²) >= 11 is 8.52. The van der Waals surface area contributed by atoms with E-state index < -0.39 is 0 Å². The number of aromatic nitrogens is 2. The summed E-state index contributed by atoms with van der Waals surface area (Å²) < 4.78 is 1.65. The fraction of sp³-hybridized carbons (Fsp3) is 0.0667. The third-order valence-electron chi connectivity index (χ3n) is 2.88. The van der Waals surface area contributed by atoms with Crippen molar-refractivity contribution in [2.45, 2.75) is 5.16 Å². The van der Waals surface area contributed by atoms with Crippen molar-refractivity contribution in [1.82, 2.24) is 9.55 Å². The van der Waals surface area contributed by atoms with Crippen LogP contribution in [-0.2, 0) is 0 Å². The topological polar surface area (TPSA) is 34.9 Å². The Morgan fingerprint density at radius 3 is 2.86 bits per heavy atom. The van der Waals surface area contributed by atoms with Crippen molar-refractivity contribution in [3.05, 3.63) is 63.7 Å². The fourth-order valence-corrected chi connectivity index (χ4v) is 3.78. The van der Waals surface area contributed by atoms with Crippen molar-refractivity contribution in [3.63, 3.8) is 0 Å². The molecule has 6 heteroatoms. The quantitative estimate of drug-likeness (QED) is 0.527. The summed E-state index contributed by atoms with van der Waals surface area (Å²) in [5.41, 5.74) is 2.26. The van der Waals surface area contributed by atoms with Crippen LogP contribution in [-0.4, -0.2) is 15.3 Å². The molecule has 0 radical (unpaired) electrons. The van der Waals surface area contributed by atoms with Gasteiger partial charge in [0.1, 0.15) is 4.83 Å². The maximum absolute atomic E-state index is 12.7. The minimum atomic E-state index is -0.0372. The van der Waals surface area contributed by atoms with Crippen LogP contribution in [0.5, 0.6) is 0 Å². The monoisotopic (exact) mass is 334 g/mol. The Morgan fingerprint density at radius 1 is 1.29 bits per heavy atom. The van der Waals surface area contributed by atoms with Crippen LogP contribution in [0, 0.1) is 0 Å². The van der Waals surface area contributed by atoms with Crippen LogP contribution in [0.2, 0.25) is 0 Å². The smallest absolute Gasteiger partial charge is 0.267 e. The van der Waals surface area contributed by atoms with Crippen LogP contribution in [0.15, 0.2) is 63.3 Å². The Hall–Kier alpha value is -1.56. The van der Waals surface area contributed by atoms with Gasteiger partial charge in [0.15, 0.2) is 5.16 Å². The molecular weight excluding hydrogens is 324 g/mol. The van der Waals surface area contributed by atoms with Crippen LogP contribution in [0.3, 0.4) is 0 Å². The zero-order chi connectivity index (χ0) is 14.7. The predicted octanol–water partition coefficient (Wildman–Crippen LogP) is 4.29. The van der Waals surface area contributed by atoms with Gasteiger partial charge in [0.25, 0.3) is 5.56 Å². The Kier molecular flexibility index (Phi) is 4.43. The molecule has 0 aliphatic carbocycles. The minimum absolute atomic E-state index is 0.0372. The molecule has 0 aliphatic heterocycles. The molecule has 0 spiro atoms. The van der Waals surface area contributed by atoms with Gasteiger partial charge >= 0.3 is 0 Å². The summed E-state index contributed by atoms with van der Waals surface area (Å²) in [5.74, 6) is 0.666. The zero-order valence-electron chi connectivity index (χ0n) is 10.9. The molecule has 21 heavy (non-hydrogen) atoms. The average molecular weight is 335 g/mol. The molecule has 0 bridgehead atoms. The maximum Gasteiger partial charge on any atom is 0.267 e. The van der Waals surface area contributed by atoms with E-state index in [4.69, 9.17) is 11.6 Å². The van der Waals surface area contributed by atoms with E-state index in [0.717, 1.165) is 10.5 Å². The Bertz CT molecular complexity index is 840. The first-order valence-electron chi connectivity index (χ1n) is 6.25. The van der Waals surface area contributed by atoms with Crippen molar-refractivity contribution >= 4 is 44.9 Å². The third kappa shape index (κ3) is 2.90. The second kappa shape index (κ2) is 6.47. The Labute approximate surface area is 134 Å². The highest BCUT2D eigenvalue weighted by atomic mass is 35.5. The second-order valence-electron chi connectivity index (χ2n) is 4.18. The first kappa shape index (κ1) is 14.4. The lowest BCUT2D eigenvalue weighted by Crippen LogP contribution is -2.21. The molecule has 0 saturated heterocycles. The van der Waals surface area contributed by atoms with Gasteiger partial charge in [0, 0.05) is 11.3 Å². The molecule has 0 N–H and O–H groups in total. The predicted molar refractivity (Wildman–Crippen MR) is 90.9 cm³/mol. The minimum Gasteiger partial charge on any atom is -0.268 e. The maximum atomic E-state index is 12.7. The lowest BCUT2D eigenvalue weighted by molar-refractivity contribution is 0.824. The zero-order valence-corrected chi connectivity index (χ0v) is 13.3. The van der Waals surface area contributed by atoms with Gasteiger partial charge in [-0.25, -0.2) is 4.98 Å². The molecule has 2 aromatic heterocycles. The van der Waals surface area contributed by atoms with Gasteiger partial charge in [-0.3, -0.25) is 9.36 Å². The van der Waals surface area contributed by atoms with E-state index in [0.29, 0.717) is 16.3 Å². The van der Waals surface area contributed by atoms with Gasteiger partial charge in [-0.05, 0) is 23.6 Å². The molecule has 0 fully saturated rings. The summed E-state index contributed by atoms with van der Waals surface area (Å²) in [6.07, 6.45) is 1.83. The number of fused-ring (bicyclic) bond motifs is 1. The van der Waals surface area contributed by atoms with Crippen molar-refractivity contribution in [3.8, 4) is 5.69 Å². The number of thiophene rings is 1. The second-order valence-corrected chi connectivity index (χ2v) is 6.32. The van der Waals surface area contributed by atoms with Crippen LogP contribution in [0.1, 0.15) is 0 Å². The molecule has 0 atom stereocenters. The average Bonchev–Trinajstić information content (AvgIpc) is 2.97. The first-order valence-corrected chi connectivity index (χ1v) is 8.55. The molecule has 3 aromatic rings. The SMILES string of the molecule is O=c1c2ccsc2nc(SC/C=C/Cl)n1-c1ccccc1. The molecular formula is C15H11ClN2OS2. The highest BCUT2D eigenvalue weighted by Gasteiger charge is 2.13. The van der Waals surface area contributed by atoms with E-state index in [9.17, 15) is 4.79 Å². The largest absolute Gasteiger partial charge is 0.268 e. The van der Waals surface area contributed by atoms with Crippen molar-refractivity contribution in [1.29, 1.82) is 0 Å². The van der Waals surface area contributed by atoms with Gasteiger partial charge in [0.05, 0.1) is 11.1 Å². The fourth-order valence-electron chi connectivity index (χ4n) is 1.96. The van der Waals surface area contributed by atoms with E-state index in [1.807, 2.05) is 47.9 Å². The number of nitrogens with zero attached hydrogens (tertiary/aromatic N) is 2. The molecule has 3 rings (SSSR count). The third-order valence-corrected chi connectivity index (χ3v) is 4.75. The molecule has 106 valence electrons. The molecule has 3 nitrogen and oxygen atoms in total. The van der Waals surface area contributed by atoms with Gasteiger partial charge in [-0.1, -0.05) is 47.6 Å². The normalized spacial score (nSPS) is 11.5. The molecule has 0 aliphatic rings. The van der Waals surface area contributed by atoms with E-state index in [1.54, 1.807) is 4.57 Å². The lowest BCUT2D eigenvalue weighted by atomic mass is 10.3. The summed E-state index contributed by atoms with van der Waals surface area (Å²) in [4.78, 5) is 18.1. The van der Waals surface area contributed by atoms with Crippen molar-refractivity contribution < 1.29 is 0 Å². The Balaban J connectivity index is 2.21.